The van der Waals surface area contributed by atoms with E-state index in [4.69, 9.17) is 9.47 Å². The van der Waals surface area contributed by atoms with Gasteiger partial charge in [-0.1, -0.05) is 25.0 Å². The fourth-order valence-corrected chi connectivity index (χ4v) is 4.54. The monoisotopic (exact) mass is 400 g/mol. The van der Waals surface area contributed by atoms with E-state index in [-0.39, 0.29) is 12.0 Å². The van der Waals surface area contributed by atoms with Crippen molar-refractivity contribution < 1.29 is 14.3 Å². The summed E-state index contributed by atoms with van der Waals surface area (Å²) in [5.41, 5.74) is 1.59. The molecule has 1 aliphatic carbocycles. The van der Waals surface area contributed by atoms with Crippen LogP contribution in [0.2, 0.25) is 0 Å². The van der Waals surface area contributed by atoms with E-state index in [0.29, 0.717) is 24.4 Å². The minimum Gasteiger partial charge on any atom is -0.493 e. The van der Waals surface area contributed by atoms with E-state index in [1.54, 1.807) is 18.1 Å². The molecule has 1 aliphatic heterocycles. The Kier molecular flexibility index (Phi) is 7.59. The second-order valence-corrected chi connectivity index (χ2v) is 8.43. The first-order valence-electron chi connectivity index (χ1n) is 11.0. The van der Waals surface area contributed by atoms with Crippen molar-refractivity contribution in [2.24, 2.45) is 0 Å². The predicted molar refractivity (Wildman–Crippen MR) is 117 cm³/mol. The van der Waals surface area contributed by atoms with Gasteiger partial charge in [-0.05, 0) is 57.7 Å². The van der Waals surface area contributed by atoms with Crippen LogP contribution in [0, 0.1) is 0 Å². The molecule has 0 spiro atoms. The molecule has 2 fully saturated rings. The van der Waals surface area contributed by atoms with Gasteiger partial charge in [0.25, 0.3) is 5.91 Å². The number of hydrogen-bond acceptors (Lipinski definition) is 4. The van der Waals surface area contributed by atoms with Crippen molar-refractivity contribution in [3.63, 3.8) is 0 Å². The maximum absolute atomic E-state index is 12.8. The number of hydrogen-bond donors (Lipinski definition) is 0. The summed E-state index contributed by atoms with van der Waals surface area (Å²) in [7, 11) is 1.63. The fraction of sp³-hybridized carbons (Fsp3) is 0.625. The van der Waals surface area contributed by atoms with Crippen LogP contribution < -0.4 is 9.47 Å². The van der Waals surface area contributed by atoms with Crippen molar-refractivity contribution in [2.75, 3.05) is 33.3 Å². The van der Waals surface area contributed by atoms with Gasteiger partial charge in [-0.25, -0.2) is 0 Å². The van der Waals surface area contributed by atoms with Crippen LogP contribution in [0.4, 0.5) is 0 Å². The number of carbonyl (C=O) groups excluding carboxylic acids is 1. The molecule has 1 aromatic carbocycles. The lowest BCUT2D eigenvalue weighted by atomic mass is 10.0. The molecule has 5 heteroatoms. The van der Waals surface area contributed by atoms with E-state index in [1.807, 2.05) is 26.0 Å². The highest BCUT2D eigenvalue weighted by Crippen LogP contribution is 2.32. The molecule has 5 nitrogen and oxygen atoms in total. The number of carbonyl (C=O) groups is 1. The molecular formula is C24H36N2O3. The van der Waals surface area contributed by atoms with Gasteiger partial charge in [0.15, 0.2) is 11.5 Å². The highest BCUT2D eigenvalue weighted by molar-refractivity contribution is 5.95. The van der Waals surface area contributed by atoms with Crippen LogP contribution in [0.1, 0.15) is 62.7 Å². The topological polar surface area (TPSA) is 42.0 Å². The fourth-order valence-electron chi connectivity index (χ4n) is 4.54. The maximum atomic E-state index is 12.8. The van der Waals surface area contributed by atoms with Gasteiger partial charge < -0.3 is 19.3 Å². The van der Waals surface area contributed by atoms with Gasteiger partial charge in [-0.3, -0.25) is 4.79 Å². The van der Waals surface area contributed by atoms with Gasteiger partial charge in [-0.2, -0.15) is 0 Å². The summed E-state index contributed by atoms with van der Waals surface area (Å²) in [6.45, 7) is 11.3. The van der Waals surface area contributed by atoms with Crippen LogP contribution in [0.5, 0.6) is 11.5 Å². The van der Waals surface area contributed by atoms with E-state index in [1.165, 1.54) is 25.7 Å². The van der Waals surface area contributed by atoms with Gasteiger partial charge >= 0.3 is 0 Å². The number of piperidine rings is 1. The van der Waals surface area contributed by atoms with Crippen molar-refractivity contribution in [1.82, 2.24) is 9.80 Å². The molecule has 0 radical (unpaired) electrons. The molecule has 0 unspecified atom stereocenters. The Bertz CT molecular complexity index is 704. The average molecular weight is 401 g/mol. The SMILES string of the molecule is C=C(C)CN(CC)C(=O)c1ccc(OC2CCN(C3CCCC3)CC2)c(OC)c1. The number of benzene rings is 1. The zero-order valence-corrected chi connectivity index (χ0v) is 18.3. The van der Waals surface area contributed by atoms with E-state index < -0.39 is 0 Å². The van der Waals surface area contributed by atoms with Crippen LogP contribution in [0.3, 0.4) is 0 Å². The molecule has 1 aromatic rings. The van der Waals surface area contributed by atoms with Crippen LogP contribution in [-0.4, -0.2) is 61.1 Å². The highest BCUT2D eigenvalue weighted by Gasteiger charge is 2.28. The molecule has 29 heavy (non-hydrogen) atoms. The number of likely N-dealkylation sites (N-methyl/N-ethyl adjacent to an activating group) is 1. The Balaban J connectivity index is 1.62. The molecule has 0 bridgehead atoms. The lowest BCUT2D eigenvalue weighted by Crippen LogP contribution is -2.43. The largest absolute Gasteiger partial charge is 0.493 e. The summed E-state index contributed by atoms with van der Waals surface area (Å²) in [5.74, 6) is 1.34. The van der Waals surface area contributed by atoms with Crippen LogP contribution in [-0.2, 0) is 0 Å². The lowest BCUT2D eigenvalue weighted by Gasteiger charge is -2.36. The van der Waals surface area contributed by atoms with Crippen LogP contribution in [0.15, 0.2) is 30.4 Å². The molecule has 1 heterocycles. The summed E-state index contributed by atoms with van der Waals surface area (Å²) in [5, 5.41) is 0. The molecule has 3 rings (SSSR count). The third-order valence-electron chi connectivity index (χ3n) is 6.15. The number of ether oxygens (including phenoxy) is 2. The Morgan fingerprint density at radius 2 is 1.86 bits per heavy atom. The van der Waals surface area contributed by atoms with E-state index in [2.05, 4.69) is 11.5 Å². The number of amides is 1. The molecule has 1 saturated heterocycles. The lowest BCUT2D eigenvalue weighted by molar-refractivity contribution is 0.0747. The molecule has 0 N–H and O–H groups in total. The van der Waals surface area contributed by atoms with E-state index in [9.17, 15) is 4.79 Å². The van der Waals surface area contributed by atoms with Crippen molar-refractivity contribution >= 4 is 5.91 Å². The summed E-state index contributed by atoms with van der Waals surface area (Å²) in [6.07, 6.45) is 7.77. The Morgan fingerprint density at radius 3 is 2.45 bits per heavy atom. The molecule has 1 saturated carbocycles. The first-order chi connectivity index (χ1) is 14.0. The van der Waals surface area contributed by atoms with Gasteiger partial charge in [0.05, 0.1) is 7.11 Å². The Morgan fingerprint density at radius 1 is 1.17 bits per heavy atom. The van der Waals surface area contributed by atoms with E-state index in [0.717, 1.165) is 43.3 Å². The molecule has 1 amide bonds. The van der Waals surface area contributed by atoms with Gasteiger partial charge in [0, 0.05) is 37.8 Å². The second-order valence-electron chi connectivity index (χ2n) is 8.43. The first kappa shape index (κ1) is 21.7. The minimum atomic E-state index is -0.00905. The maximum Gasteiger partial charge on any atom is 0.254 e. The smallest absolute Gasteiger partial charge is 0.254 e. The Labute approximate surface area is 175 Å². The first-order valence-corrected chi connectivity index (χ1v) is 11.0. The second kappa shape index (κ2) is 10.1. The van der Waals surface area contributed by atoms with Gasteiger partial charge in [-0.15, -0.1) is 0 Å². The minimum absolute atomic E-state index is 0.00905. The van der Waals surface area contributed by atoms with Crippen molar-refractivity contribution in [1.29, 1.82) is 0 Å². The van der Waals surface area contributed by atoms with Gasteiger partial charge in [0.2, 0.25) is 0 Å². The predicted octanol–water partition coefficient (Wildman–Crippen LogP) is 4.52. The highest BCUT2D eigenvalue weighted by atomic mass is 16.5. The number of likely N-dealkylation sites (tertiary alicyclic amines) is 1. The third-order valence-corrected chi connectivity index (χ3v) is 6.15. The molecule has 0 atom stereocenters. The zero-order chi connectivity index (χ0) is 20.8. The normalized spacial score (nSPS) is 18.6. The number of rotatable bonds is 8. The molecule has 0 aromatic heterocycles. The molecule has 2 aliphatic rings. The Hall–Kier alpha value is -2.01. The third kappa shape index (κ3) is 5.53. The molecular weight excluding hydrogens is 364 g/mol. The van der Waals surface area contributed by atoms with Gasteiger partial charge in [0.1, 0.15) is 6.10 Å². The molecule has 160 valence electrons. The summed E-state index contributed by atoms with van der Waals surface area (Å²) >= 11 is 0. The zero-order valence-electron chi connectivity index (χ0n) is 18.3. The van der Waals surface area contributed by atoms with Crippen LogP contribution in [0.25, 0.3) is 0 Å². The average Bonchev–Trinajstić information content (AvgIpc) is 3.27. The number of nitrogens with zero attached hydrogens (tertiary/aromatic N) is 2. The summed E-state index contributed by atoms with van der Waals surface area (Å²) in [6, 6.07) is 6.31. The summed E-state index contributed by atoms with van der Waals surface area (Å²) < 4.78 is 11.8. The van der Waals surface area contributed by atoms with Crippen molar-refractivity contribution in [3.8, 4) is 11.5 Å². The van der Waals surface area contributed by atoms with Crippen molar-refractivity contribution in [2.45, 2.75) is 64.5 Å². The summed E-state index contributed by atoms with van der Waals surface area (Å²) in [4.78, 5) is 17.3. The number of methoxy groups -OCH3 is 1. The van der Waals surface area contributed by atoms with Crippen molar-refractivity contribution in [3.05, 3.63) is 35.9 Å². The van der Waals surface area contributed by atoms with E-state index >= 15 is 0 Å². The quantitative estimate of drug-likeness (QED) is 0.602. The standard InChI is InChI=1S/C24H36N2O3/c1-5-25(17-18(2)3)24(27)19-10-11-22(23(16-19)28-4)29-21-12-14-26(15-13-21)20-8-6-7-9-20/h10-11,16,20-21H,2,5-9,12-15,17H2,1,3-4H3. The van der Waals surface area contributed by atoms with Crippen LogP contribution >= 0.6 is 0 Å².